The molecule has 0 aliphatic heterocycles. The van der Waals surface area contributed by atoms with Crippen molar-refractivity contribution in [2.45, 2.75) is 58.1 Å². The lowest BCUT2D eigenvalue weighted by Gasteiger charge is -2.22. The molecule has 1 saturated carbocycles. The van der Waals surface area contributed by atoms with Crippen molar-refractivity contribution in [3.8, 4) is 5.75 Å². The zero-order chi connectivity index (χ0) is 13.9. The lowest BCUT2D eigenvalue weighted by atomic mass is 9.96. The fraction of sp³-hybridized carbons (Fsp3) is 0.562. The normalized spacial score (nSPS) is 16.8. The number of fused-ring (bicyclic) bond motifs is 1. The van der Waals surface area contributed by atoms with Crippen LogP contribution in [0.3, 0.4) is 0 Å². The number of para-hydroxylation sites is 1. The van der Waals surface area contributed by atoms with Gasteiger partial charge in [-0.1, -0.05) is 36.7 Å². The van der Waals surface area contributed by atoms with Crippen molar-refractivity contribution in [3.63, 3.8) is 0 Å². The van der Waals surface area contributed by atoms with Crippen molar-refractivity contribution >= 4 is 26.7 Å². The molecule has 0 spiro atoms. The van der Waals surface area contributed by atoms with Gasteiger partial charge in [-0.3, -0.25) is 0 Å². The maximum Gasteiger partial charge on any atom is 0.184 e. The molecule has 3 rings (SSSR count). The Bertz CT molecular complexity index is 573. The van der Waals surface area contributed by atoms with Gasteiger partial charge in [-0.25, -0.2) is 4.98 Å². The van der Waals surface area contributed by atoms with Gasteiger partial charge in [-0.15, -0.1) is 0 Å². The minimum atomic E-state index is 0.178. The van der Waals surface area contributed by atoms with Crippen LogP contribution in [0.25, 0.3) is 10.2 Å². The molecule has 1 fully saturated rings. The van der Waals surface area contributed by atoms with Crippen LogP contribution in [0.1, 0.15) is 46.0 Å². The zero-order valence-corrected chi connectivity index (χ0v) is 13.0. The van der Waals surface area contributed by atoms with Gasteiger partial charge in [-0.05, 0) is 38.8 Å². The van der Waals surface area contributed by atoms with Crippen LogP contribution in [0.5, 0.6) is 5.75 Å². The molecule has 108 valence electrons. The number of hydrogen-bond donors (Lipinski definition) is 1. The SMILES string of the molecule is CC(C)Oc1cccc2sc(NC3CCCCC3)nc12. The van der Waals surface area contributed by atoms with E-state index in [9.17, 15) is 0 Å². The van der Waals surface area contributed by atoms with E-state index in [1.807, 2.05) is 26.0 Å². The lowest BCUT2D eigenvalue weighted by Crippen LogP contribution is -2.21. The Morgan fingerprint density at radius 1 is 1.25 bits per heavy atom. The van der Waals surface area contributed by atoms with Crippen LogP contribution in [0.2, 0.25) is 0 Å². The van der Waals surface area contributed by atoms with Crippen molar-refractivity contribution in [2.75, 3.05) is 5.32 Å². The molecule has 1 N–H and O–H groups in total. The quantitative estimate of drug-likeness (QED) is 0.876. The fourth-order valence-electron chi connectivity index (χ4n) is 2.76. The number of aromatic nitrogens is 1. The number of anilines is 1. The summed E-state index contributed by atoms with van der Waals surface area (Å²) in [6.07, 6.45) is 6.77. The Morgan fingerprint density at radius 2 is 2.05 bits per heavy atom. The summed E-state index contributed by atoms with van der Waals surface area (Å²) in [7, 11) is 0. The highest BCUT2D eigenvalue weighted by Crippen LogP contribution is 2.34. The van der Waals surface area contributed by atoms with Gasteiger partial charge < -0.3 is 10.1 Å². The van der Waals surface area contributed by atoms with E-state index in [1.165, 1.54) is 36.8 Å². The molecule has 1 aromatic carbocycles. The van der Waals surface area contributed by atoms with E-state index in [0.717, 1.165) is 16.4 Å². The molecule has 0 bridgehead atoms. The van der Waals surface area contributed by atoms with Gasteiger partial charge in [0.15, 0.2) is 5.13 Å². The van der Waals surface area contributed by atoms with Crippen LogP contribution in [0, 0.1) is 0 Å². The van der Waals surface area contributed by atoms with Gasteiger partial charge in [-0.2, -0.15) is 0 Å². The van der Waals surface area contributed by atoms with E-state index in [0.29, 0.717) is 6.04 Å². The third-order valence-corrected chi connectivity index (χ3v) is 4.63. The second kappa shape index (κ2) is 6.00. The summed E-state index contributed by atoms with van der Waals surface area (Å²) < 4.78 is 7.04. The van der Waals surface area contributed by atoms with E-state index < -0.39 is 0 Å². The molecule has 0 amide bonds. The summed E-state index contributed by atoms with van der Waals surface area (Å²) >= 11 is 1.73. The molecule has 20 heavy (non-hydrogen) atoms. The smallest absolute Gasteiger partial charge is 0.184 e. The summed E-state index contributed by atoms with van der Waals surface area (Å²) in [5.74, 6) is 0.894. The second-order valence-electron chi connectivity index (χ2n) is 5.77. The third-order valence-electron chi connectivity index (χ3n) is 3.68. The van der Waals surface area contributed by atoms with E-state index in [1.54, 1.807) is 11.3 Å². The molecule has 1 aliphatic carbocycles. The lowest BCUT2D eigenvalue weighted by molar-refractivity contribution is 0.245. The van der Waals surface area contributed by atoms with Crippen molar-refractivity contribution < 1.29 is 4.74 Å². The summed E-state index contributed by atoms with van der Waals surface area (Å²) in [5.41, 5.74) is 0.990. The van der Waals surface area contributed by atoms with Crippen LogP contribution in [0.15, 0.2) is 18.2 Å². The Labute approximate surface area is 124 Å². The molecule has 3 nitrogen and oxygen atoms in total. The van der Waals surface area contributed by atoms with Gasteiger partial charge in [0.05, 0.1) is 10.8 Å². The largest absolute Gasteiger partial charge is 0.489 e. The fourth-order valence-corrected chi connectivity index (χ4v) is 3.72. The first-order chi connectivity index (χ1) is 9.72. The van der Waals surface area contributed by atoms with Crippen molar-refractivity contribution in [1.82, 2.24) is 4.98 Å². The van der Waals surface area contributed by atoms with Crippen LogP contribution < -0.4 is 10.1 Å². The Balaban J connectivity index is 1.82. The predicted octanol–water partition coefficient (Wildman–Crippen LogP) is 4.83. The molecule has 1 heterocycles. The van der Waals surface area contributed by atoms with Gasteiger partial charge >= 0.3 is 0 Å². The Kier molecular flexibility index (Phi) is 4.10. The van der Waals surface area contributed by atoms with E-state index >= 15 is 0 Å². The van der Waals surface area contributed by atoms with Gasteiger partial charge in [0, 0.05) is 6.04 Å². The highest BCUT2D eigenvalue weighted by molar-refractivity contribution is 7.22. The molecular formula is C16H22N2OS. The number of nitrogens with one attached hydrogen (secondary N) is 1. The maximum atomic E-state index is 5.85. The van der Waals surface area contributed by atoms with Crippen LogP contribution in [-0.2, 0) is 0 Å². The molecule has 0 atom stereocenters. The summed E-state index contributed by atoms with van der Waals surface area (Å²) in [5, 5.41) is 4.64. The standard InChI is InChI=1S/C16H22N2OS/c1-11(2)19-13-9-6-10-14-15(13)18-16(20-14)17-12-7-4-3-5-8-12/h6,9-12H,3-5,7-8H2,1-2H3,(H,17,18). The van der Waals surface area contributed by atoms with Crippen LogP contribution in [0.4, 0.5) is 5.13 Å². The number of hydrogen-bond acceptors (Lipinski definition) is 4. The van der Waals surface area contributed by atoms with Gasteiger partial charge in [0.2, 0.25) is 0 Å². The number of nitrogens with zero attached hydrogens (tertiary/aromatic N) is 1. The molecule has 0 saturated heterocycles. The van der Waals surface area contributed by atoms with Gasteiger partial charge in [0.25, 0.3) is 0 Å². The average molecular weight is 290 g/mol. The monoisotopic (exact) mass is 290 g/mol. The molecule has 1 aromatic heterocycles. The first-order valence-corrected chi connectivity index (χ1v) is 8.37. The first kappa shape index (κ1) is 13.7. The molecular weight excluding hydrogens is 268 g/mol. The molecule has 0 unspecified atom stereocenters. The minimum absolute atomic E-state index is 0.178. The summed E-state index contributed by atoms with van der Waals surface area (Å²) in [6, 6.07) is 6.76. The first-order valence-electron chi connectivity index (χ1n) is 7.55. The van der Waals surface area contributed by atoms with E-state index in [4.69, 9.17) is 9.72 Å². The number of rotatable bonds is 4. The maximum absolute atomic E-state index is 5.85. The van der Waals surface area contributed by atoms with Crippen LogP contribution >= 0.6 is 11.3 Å². The second-order valence-corrected chi connectivity index (χ2v) is 6.80. The van der Waals surface area contributed by atoms with Crippen molar-refractivity contribution in [1.29, 1.82) is 0 Å². The Morgan fingerprint density at radius 3 is 2.80 bits per heavy atom. The highest BCUT2D eigenvalue weighted by atomic mass is 32.1. The zero-order valence-electron chi connectivity index (χ0n) is 12.2. The molecule has 2 aromatic rings. The molecule has 1 aliphatic rings. The summed E-state index contributed by atoms with van der Waals surface area (Å²) in [4.78, 5) is 4.74. The molecule has 0 radical (unpaired) electrons. The van der Waals surface area contributed by atoms with Crippen molar-refractivity contribution in [2.24, 2.45) is 0 Å². The van der Waals surface area contributed by atoms with Gasteiger partial charge in [0.1, 0.15) is 11.3 Å². The van der Waals surface area contributed by atoms with Crippen molar-refractivity contribution in [3.05, 3.63) is 18.2 Å². The minimum Gasteiger partial charge on any atom is -0.489 e. The summed E-state index contributed by atoms with van der Waals surface area (Å²) in [6.45, 7) is 4.10. The number of ether oxygens (including phenoxy) is 1. The predicted molar refractivity (Wildman–Crippen MR) is 85.9 cm³/mol. The third kappa shape index (κ3) is 3.06. The number of benzene rings is 1. The number of thiazole rings is 1. The van der Waals surface area contributed by atoms with E-state index in [-0.39, 0.29) is 6.10 Å². The Hall–Kier alpha value is -1.29. The molecule has 4 heteroatoms. The average Bonchev–Trinajstić information content (AvgIpc) is 2.83. The van der Waals surface area contributed by atoms with E-state index in [2.05, 4.69) is 11.4 Å². The topological polar surface area (TPSA) is 34.1 Å². The van der Waals surface area contributed by atoms with Crippen LogP contribution in [-0.4, -0.2) is 17.1 Å². The highest BCUT2D eigenvalue weighted by Gasteiger charge is 2.16.